The fourth-order valence-corrected chi connectivity index (χ4v) is 2.49. The molecule has 2 atom stereocenters. The SMILES string of the molecule is CCC1OCCC1C(=O)Cc1ccc(OC)cc1. The van der Waals surface area contributed by atoms with Gasteiger partial charge in [-0.15, -0.1) is 0 Å². The maximum Gasteiger partial charge on any atom is 0.143 e. The van der Waals surface area contributed by atoms with Crippen LogP contribution < -0.4 is 4.74 Å². The molecule has 3 nitrogen and oxygen atoms in total. The lowest BCUT2D eigenvalue weighted by atomic mass is 9.91. The topological polar surface area (TPSA) is 35.5 Å². The van der Waals surface area contributed by atoms with Crippen LogP contribution in [0.15, 0.2) is 24.3 Å². The molecule has 1 fully saturated rings. The molecule has 1 aromatic carbocycles. The first-order valence-electron chi connectivity index (χ1n) is 6.51. The van der Waals surface area contributed by atoms with E-state index in [-0.39, 0.29) is 12.0 Å². The first-order chi connectivity index (χ1) is 8.74. The highest BCUT2D eigenvalue weighted by Crippen LogP contribution is 2.25. The van der Waals surface area contributed by atoms with E-state index in [2.05, 4.69) is 6.92 Å². The van der Waals surface area contributed by atoms with Crippen molar-refractivity contribution in [3.05, 3.63) is 29.8 Å². The largest absolute Gasteiger partial charge is 0.497 e. The van der Waals surface area contributed by atoms with Gasteiger partial charge in [0.25, 0.3) is 0 Å². The van der Waals surface area contributed by atoms with Gasteiger partial charge in [0.1, 0.15) is 11.5 Å². The maximum atomic E-state index is 12.2. The summed E-state index contributed by atoms with van der Waals surface area (Å²) in [6.07, 6.45) is 2.40. The lowest BCUT2D eigenvalue weighted by Crippen LogP contribution is -2.25. The van der Waals surface area contributed by atoms with E-state index in [4.69, 9.17) is 9.47 Å². The molecule has 0 amide bonds. The van der Waals surface area contributed by atoms with E-state index in [1.165, 1.54) is 0 Å². The third-order valence-electron chi connectivity index (χ3n) is 3.56. The van der Waals surface area contributed by atoms with Gasteiger partial charge in [-0.1, -0.05) is 19.1 Å². The fourth-order valence-electron chi connectivity index (χ4n) is 2.49. The Balaban J connectivity index is 1.97. The van der Waals surface area contributed by atoms with Crippen molar-refractivity contribution in [2.45, 2.75) is 32.3 Å². The molecule has 2 rings (SSSR count). The minimum absolute atomic E-state index is 0.0806. The molecule has 0 radical (unpaired) electrons. The van der Waals surface area contributed by atoms with Gasteiger partial charge in [-0.2, -0.15) is 0 Å². The van der Waals surface area contributed by atoms with Crippen molar-refractivity contribution in [2.75, 3.05) is 13.7 Å². The number of ether oxygens (including phenoxy) is 2. The molecule has 0 N–H and O–H groups in total. The lowest BCUT2D eigenvalue weighted by Gasteiger charge is -2.15. The standard InChI is InChI=1S/C15H20O3/c1-3-15-13(8-9-18-15)14(16)10-11-4-6-12(17-2)7-5-11/h4-7,13,15H,3,8-10H2,1-2H3. The Morgan fingerprint density at radius 1 is 1.39 bits per heavy atom. The van der Waals surface area contributed by atoms with Gasteiger partial charge >= 0.3 is 0 Å². The maximum absolute atomic E-state index is 12.2. The minimum atomic E-state index is 0.0806. The molecule has 1 saturated heterocycles. The molecule has 2 unspecified atom stereocenters. The Morgan fingerprint density at radius 2 is 2.11 bits per heavy atom. The van der Waals surface area contributed by atoms with E-state index in [0.717, 1.165) is 30.8 Å². The molecule has 3 heteroatoms. The van der Waals surface area contributed by atoms with Crippen LogP contribution in [0.1, 0.15) is 25.3 Å². The molecule has 1 aliphatic heterocycles. The van der Waals surface area contributed by atoms with Crippen LogP contribution in [0.3, 0.4) is 0 Å². The molecule has 1 heterocycles. The average molecular weight is 248 g/mol. The third-order valence-corrected chi connectivity index (χ3v) is 3.56. The van der Waals surface area contributed by atoms with Crippen LogP contribution in [0.25, 0.3) is 0 Å². The van der Waals surface area contributed by atoms with Crippen molar-refractivity contribution in [1.82, 2.24) is 0 Å². The molecule has 1 aromatic rings. The van der Waals surface area contributed by atoms with Crippen LogP contribution >= 0.6 is 0 Å². The molecule has 18 heavy (non-hydrogen) atoms. The summed E-state index contributed by atoms with van der Waals surface area (Å²) >= 11 is 0. The number of benzene rings is 1. The predicted molar refractivity (Wildman–Crippen MR) is 69.8 cm³/mol. The lowest BCUT2D eigenvalue weighted by molar-refractivity contribution is -0.123. The van der Waals surface area contributed by atoms with E-state index in [1.807, 2.05) is 24.3 Å². The van der Waals surface area contributed by atoms with Gasteiger partial charge in [-0.05, 0) is 30.5 Å². The number of methoxy groups -OCH3 is 1. The smallest absolute Gasteiger partial charge is 0.143 e. The highest BCUT2D eigenvalue weighted by atomic mass is 16.5. The summed E-state index contributed by atoms with van der Waals surface area (Å²) in [6, 6.07) is 7.69. The molecule has 0 bridgehead atoms. The van der Waals surface area contributed by atoms with Crippen LogP contribution in [-0.4, -0.2) is 25.6 Å². The second kappa shape index (κ2) is 6.01. The summed E-state index contributed by atoms with van der Waals surface area (Å²) in [5, 5.41) is 0. The zero-order chi connectivity index (χ0) is 13.0. The molecular formula is C15H20O3. The average Bonchev–Trinajstić information content (AvgIpc) is 2.88. The number of hydrogen-bond acceptors (Lipinski definition) is 3. The number of Topliss-reactive ketones (excluding diaryl/α,β-unsaturated/α-hetero) is 1. The summed E-state index contributed by atoms with van der Waals surface area (Å²) in [6.45, 7) is 2.79. The summed E-state index contributed by atoms with van der Waals surface area (Å²) in [7, 11) is 1.64. The second-order valence-electron chi connectivity index (χ2n) is 4.70. The van der Waals surface area contributed by atoms with E-state index >= 15 is 0 Å². The zero-order valence-corrected chi connectivity index (χ0v) is 11.0. The van der Waals surface area contributed by atoms with Crippen LogP contribution in [0, 0.1) is 5.92 Å². The Labute approximate surface area is 108 Å². The Morgan fingerprint density at radius 3 is 2.72 bits per heavy atom. The molecule has 1 aliphatic rings. The molecule has 0 spiro atoms. The minimum Gasteiger partial charge on any atom is -0.497 e. The van der Waals surface area contributed by atoms with Gasteiger partial charge in [0.2, 0.25) is 0 Å². The summed E-state index contributed by atoms with van der Waals surface area (Å²) in [5.74, 6) is 1.20. The molecule has 0 aliphatic carbocycles. The van der Waals surface area contributed by atoms with Crippen molar-refractivity contribution < 1.29 is 14.3 Å². The van der Waals surface area contributed by atoms with Crippen LogP contribution in [0.5, 0.6) is 5.75 Å². The van der Waals surface area contributed by atoms with Crippen LogP contribution in [0.4, 0.5) is 0 Å². The van der Waals surface area contributed by atoms with Crippen LogP contribution in [0.2, 0.25) is 0 Å². The van der Waals surface area contributed by atoms with Crippen molar-refractivity contribution in [2.24, 2.45) is 5.92 Å². The third kappa shape index (κ3) is 2.91. The predicted octanol–water partition coefficient (Wildman–Crippen LogP) is 2.62. The van der Waals surface area contributed by atoms with Gasteiger partial charge in [0.05, 0.1) is 13.2 Å². The molecule has 0 saturated carbocycles. The molecular weight excluding hydrogens is 228 g/mol. The quantitative estimate of drug-likeness (QED) is 0.803. The number of carbonyl (C=O) groups excluding carboxylic acids is 1. The van der Waals surface area contributed by atoms with Crippen molar-refractivity contribution >= 4 is 5.78 Å². The zero-order valence-electron chi connectivity index (χ0n) is 11.0. The summed E-state index contributed by atoms with van der Waals surface area (Å²) in [4.78, 5) is 12.2. The van der Waals surface area contributed by atoms with Gasteiger partial charge in [0.15, 0.2) is 0 Å². The van der Waals surface area contributed by atoms with Crippen molar-refractivity contribution in [3.63, 3.8) is 0 Å². The summed E-state index contributed by atoms with van der Waals surface area (Å²) < 4.78 is 10.7. The van der Waals surface area contributed by atoms with Gasteiger partial charge < -0.3 is 9.47 Å². The second-order valence-corrected chi connectivity index (χ2v) is 4.70. The van der Waals surface area contributed by atoms with Gasteiger partial charge in [0, 0.05) is 18.9 Å². The van der Waals surface area contributed by atoms with Crippen molar-refractivity contribution in [3.8, 4) is 5.75 Å². The van der Waals surface area contributed by atoms with E-state index < -0.39 is 0 Å². The number of ketones is 1. The normalized spacial score (nSPS) is 23.0. The van der Waals surface area contributed by atoms with Gasteiger partial charge in [-0.25, -0.2) is 0 Å². The highest BCUT2D eigenvalue weighted by molar-refractivity contribution is 5.84. The first-order valence-corrected chi connectivity index (χ1v) is 6.51. The summed E-state index contributed by atoms with van der Waals surface area (Å²) in [5.41, 5.74) is 1.04. The van der Waals surface area contributed by atoms with Crippen molar-refractivity contribution in [1.29, 1.82) is 0 Å². The number of rotatable bonds is 5. The highest BCUT2D eigenvalue weighted by Gasteiger charge is 2.32. The monoisotopic (exact) mass is 248 g/mol. The van der Waals surface area contributed by atoms with E-state index in [9.17, 15) is 4.79 Å². The fraction of sp³-hybridized carbons (Fsp3) is 0.533. The van der Waals surface area contributed by atoms with Crippen LogP contribution in [-0.2, 0) is 16.0 Å². The van der Waals surface area contributed by atoms with E-state index in [0.29, 0.717) is 12.2 Å². The Hall–Kier alpha value is -1.35. The Bertz CT molecular complexity index is 397. The molecule has 98 valence electrons. The number of carbonyl (C=O) groups is 1. The molecule has 0 aromatic heterocycles. The Kier molecular flexibility index (Phi) is 4.37. The van der Waals surface area contributed by atoms with E-state index in [1.54, 1.807) is 7.11 Å². The van der Waals surface area contributed by atoms with Gasteiger partial charge in [-0.3, -0.25) is 4.79 Å². The number of hydrogen-bond donors (Lipinski definition) is 0. The first kappa shape index (κ1) is 13.1.